The van der Waals surface area contributed by atoms with Crippen molar-refractivity contribution in [2.75, 3.05) is 19.8 Å². The van der Waals surface area contributed by atoms with Gasteiger partial charge in [0, 0.05) is 6.61 Å². The van der Waals surface area contributed by atoms with Crippen molar-refractivity contribution in [1.82, 2.24) is 0 Å². The highest BCUT2D eigenvalue weighted by atomic mass is 16.7. The Hall–Kier alpha value is -0.440. The molecule has 10 atom stereocenters. The summed E-state index contributed by atoms with van der Waals surface area (Å²) in [5.74, 6) is 0. The van der Waals surface area contributed by atoms with E-state index in [-0.39, 0.29) is 0 Å². The summed E-state index contributed by atoms with van der Waals surface area (Å²) < 4.78 is 21.9. The fraction of sp³-hybridized carbons (Fsp3) is 1.00. The van der Waals surface area contributed by atoms with E-state index in [4.69, 9.17) is 18.9 Å². The van der Waals surface area contributed by atoms with Crippen molar-refractivity contribution < 1.29 is 54.7 Å². The second kappa shape index (κ2) is 14.1. The SMILES string of the molecule is CCCCCCCCCO[C@@H]1OC(CO)[C@@H](O[C@H]2OC(CO)[C@@H](O)C(O)C2O)C(O)C1O. The van der Waals surface area contributed by atoms with Crippen molar-refractivity contribution in [3.05, 3.63) is 0 Å². The molecule has 2 aliphatic rings. The largest absolute Gasteiger partial charge is 0.394 e. The molecule has 2 aliphatic heterocycles. The Morgan fingerprint density at radius 3 is 1.81 bits per heavy atom. The molecule has 2 heterocycles. The van der Waals surface area contributed by atoms with Crippen LogP contribution in [0.1, 0.15) is 51.9 Å². The van der Waals surface area contributed by atoms with Crippen LogP contribution in [-0.2, 0) is 18.9 Å². The highest BCUT2D eigenvalue weighted by Gasteiger charge is 2.50. The summed E-state index contributed by atoms with van der Waals surface area (Å²) in [5.41, 5.74) is 0. The normalized spacial score (nSPS) is 40.5. The highest BCUT2D eigenvalue weighted by molar-refractivity contribution is 4.94. The van der Waals surface area contributed by atoms with Gasteiger partial charge in [0.2, 0.25) is 0 Å². The van der Waals surface area contributed by atoms with Crippen molar-refractivity contribution in [3.63, 3.8) is 0 Å². The van der Waals surface area contributed by atoms with Crippen LogP contribution in [0.4, 0.5) is 0 Å². The zero-order valence-corrected chi connectivity index (χ0v) is 18.6. The molecule has 0 saturated carbocycles. The molecule has 0 aromatic rings. The van der Waals surface area contributed by atoms with E-state index in [2.05, 4.69) is 6.92 Å². The van der Waals surface area contributed by atoms with Crippen LogP contribution in [0.2, 0.25) is 0 Å². The molecule has 190 valence electrons. The first-order valence-electron chi connectivity index (χ1n) is 11.6. The maximum Gasteiger partial charge on any atom is 0.187 e. The van der Waals surface area contributed by atoms with Gasteiger partial charge in [-0.05, 0) is 6.42 Å². The highest BCUT2D eigenvalue weighted by Crippen LogP contribution is 2.29. The Labute approximate surface area is 188 Å². The molecule has 2 rings (SSSR count). The number of rotatable bonds is 13. The summed E-state index contributed by atoms with van der Waals surface area (Å²) in [6.07, 6.45) is -6.68. The number of unbranched alkanes of at least 4 members (excludes halogenated alkanes) is 6. The monoisotopic (exact) mass is 468 g/mol. The Kier molecular flexibility index (Phi) is 12.2. The van der Waals surface area contributed by atoms with Gasteiger partial charge in [-0.2, -0.15) is 0 Å². The van der Waals surface area contributed by atoms with Gasteiger partial charge in [-0.25, -0.2) is 0 Å². The molecule has 6 unspecified atom stereocenters. The van der Waals surface area contributed by atoms with Crippen molar-refractivity contribution in [2.45, 2.75) is 113 Å². The molecule has 11 nitrogen and oxygen atoms in total. The van der Waals surface area contributed by atoms with Crippen molar-refractivity contribution >= 4 is 0 Å². The summed E-state index contributed by atoms with van der Waals surface area (Å²) in [7, 11) is 0. The molecule has 0 amide bonds. The minimum absolute atomic E-state index is 0.318. The van der Waals surface area contributed by atoms with Gasteiger partial charge in [-0.1, -0.05) is 45.4 Å². The topological polar surface area (TPSA) is 179 Å². The van der Waals surface area contributed by atoms with E-state index >= 15 is 0 Å². The summed E-state index contributed by atoms with van der Waals surface area (Å²) in [5, 5.41) is 69.8. The van der Waals surface area contributed by atoms with Gasteiger partial charge >= 0.3 is 0 Å². The Bertz CT molecular complexity index is 506. The second-order valence-electron chi connectivity index (χ2n) is 8.50. The molecule has 0 bridgehead atoms. The first-order chi connectivity index (χ1) is 15.3. The zero-order valence-electron chi connectivity index (χ0n) is 18.6. The smallest absolute Gasteiger partial charge is 0.187 e. The third-order valence-electron chi connectivity index (χ3n) is 5.99. The van der Waals surface area contributed by atoms with Crippen molar-refractivity contribution in [1.29, 1.82) is 0 Å². The Morgan fingerprint density at radius 2 is 1.19 bits per heavy atom. The lowest BCUT2D eigenvalue weighted by atomic mass is 9.97. The number of aliphatic hydroxyl groups excluding tert-OH is 7. The maximum atomic E-state index is 10.5. The molecule has 2 fully saturated rings. The summed E-state index contributed by atoms with van der Waals surface area (Å²) in [6, 6.07) is 0. The summed E-state index contributed by atoms with van der Waals surface area (Å²) in [4.78, 5) is 0. The van der Waals surface area contributed by atoms with Crippen LogP contribution in [0, 0.1) is 0 Å². The zero-order chi connectivity index (χ0) is 23.7. The van der Waals surface area contributed by atoms with Crippen LogP contribution < -0.4 is 0 Å². The molecular formula is C21H40O11. The van der Waals surface area contributed by atoms with Crippen LogP contribution in [0.3, 0.4) is 0 Å². The van der Waals surface area contributed by atoms with Gasteiger partial charge < -0.3 is 54.7 Å². The van der Waals surface area contributed by atoms with E-state index in [1.54, 1.807) is 0 Å². The van der Waals surface area contributed by atoms with Crippen LogP contribution in [0.25, 0.3) is 0 Å². The number of hydrogen-bond acceptors (Lipinski definition) is 11. The van der Waals surface area contributed by atoms with Gasteiger partial charge in [0.1, 0.15) is 48.8 Å². The van der Waals surface area contributed by atoms with E-state index in [0.717, 1.165) is 19.3 Å². The summed E-state index contributed by atoms with van der Waals surface area (Å²) >= 11 is 0. The molecule has 0 aromatic heterocycles. The van der Waals surface area contributed by atoms with E-state index < -0.39 is 74.6 Å². The van der Waals surface area contributed by atoms with Gasteiger partial charge in [0.15, 0.2) is 12.6 Å². The minimum atomic E-state index is -1.69. The Morgan fingerprint density at radius 1 is 0.625 bits per heavy atom. The lowest BCUT2D eigenvalue weighted by Crippen LogP contribution is -2.64. The average Bonchev–Trinajstić information content (AvgIpc) is 2.79. The van der Waals surface area contributed by atoms with Gasteiger partial charge in [0.05, 0.1) is 13.2 Å². The van der Waals surface area contributed by atoms with E-state index in [9.17, 15) is 35.7 Å². The molecule has 32 heavy (non-hydrogen) atoms. The van der Waals surface area contributed by atoms with Crippen molar-refractivity contribution in [3.8, 4) is 0 Å². The van der Waals surface area contributed by atoms with Crippen LogP contribution >= 0.6 is 0 Å². The number of hydrogen-bond donors (Lipinski definition) is 7. The summed E-state index contributed by atoms with van der Waals surface area (Å²) in [6.45, 7) is 1.26. The lowest BCUT2D eigenvalue weighted by molar-refractivity contribution is -0.359. The quantitative estimate of drug-likeness (QED) is 0.154. The Balaban J connectivity index is 1.86. The fourth-order valence-corrected chi connectivity index (χ4v) is 3.95. The first-order valence-corrected chi connectivity index (χ1v) is 11.6. The molecular weight excluding hydrogens is 428 g/mol. The standard InChI is InChI=1S/C21H40O11/c1-2-3-4-5-6-7-8-9-29-20-18(28)16(26)19(13(11-23)31-20)32-21-17(27)15(25)14(24)12(10-22)30-21/h12-28H,2-11H2,1H3/t12?,13?,14-,15?,16?,17?,18?,19-,20-,21-/m1/s1. The average molecular weight is 469 g/mol. The predicted octanol–water partition coefficient (Wildman–Crippen LogP) is -1.62. The van der Waals surface area contributed by atoms with Crippen LogP contribution in [0.15, 0.2) is 0 Å². The van der Waals surface area contributed by atoms with Crippen LogP contribution in [0.5, 0.6) is 0 Å². The third-order valence-corrected chi connectivity index (χ3v) is 5.99. The maximum absolute atomic E-state index is 10.5. The molecule has 0 spiro atoms. The lowest BCUT2D eigenvalue weighted by Gasteiger charge is -2.45. The molecule has 7 N–H and O–H groups in total. The van der Waals surface area contributed by atoms with Gasteiger partial charge in [-0.3, -0.25) is 0 Å². The fourth-order valence-electron chi connectivity index (χ4n) is 3.95. The number of ether oxygens (including phenoxy) is 4. The molecule has 2 saturated heterocycles. The molecule has 11 heteroatoms. The molecule has 0 radical (unpaired) electrons. The minimum Gasteiger partial charge on any atom is -0.394 e. The predicted molar refractivity (Wildman–Crippen MR) is 110 cm³/mol. The van der Waals surface area contributed by atoms with Crippen molar-refractivity contribution in [2.24, 2.45) is 0 Å². The van der Waals surface area contributed by atoms with Gasteiger partial charge in [0.25, 0.3) is 0 Å². The molecule has 0 aromatic carbocycles. The molecule has 0 aliphatic carbocycles. The second-order valence-corrected chi connectivity index (χ2v) is 8.50. The van der Waals surface area contributed by atoms with E-state index in [0.29, 0.717) is 6.61 Å². The van der Waals surface area contributed by atoms with Gasteiger partial charge in [-0.15, -0.1) is 0 Å². The van der Waals surface area contributed by atoms with Crippen LogP contribution in [-0.4, -0.2) is 117 Å². The van der Waals surface area contributed by atoms with E-state index in [1.165, 1.54) is 25.7 Å². The first kappa shape index (κ1) is 27.8. The number of aliphatic hydroxyl groups is 7. The van der Waals surface area contributed by atoms with E-state index in [1.807, 2.05) is 0 Å². The third kappa shape index (κ3) is 7.28.